The minimum Gasteiger partial charge on any atom is -0.481 e. The van der Waals surface area contributed by atoms with E-state index in [2.05, 4.69) is 5.32 Å². The first-order chi connectivity index (χ1) is 10.0. The van der Waals surface area contributed by atoms with Crippen LogP contribution in [-0.2, 0) is 14.3 Å². The van der Waals surface area contributed by atoms with Gasteiger partial charge in [-0.05, 0) is 37.6 Å². The number of nitrogens with one attached hydrogen (secondary N) is 1. The van der Waals surface area contributed by atoms with E-state index in [0.29, 0.717) is 12.8 Å². The van der Waals surface area contributed by atoms with Gasteiger partial charge < -0.3 is 15.2 Å². The molecule has 0 saturated carbocycles. The van der Waals surface area contributed by atoms with Gasteiger partial charge in [0.25, 0.3) is 0 Å². The van der Waals surface area contributed by atoms with Gasteiger partial charge in [-0.25, -0.2) is 0 Å². The molecule has 1 aliphatic heterocycles. The molecule has 0 radical (unpaired) electrons. The Morgan fingerprint density at radius 2 is 2.33 bits per heavy atom. The zero-order valence-electron chi connectivity index (χ0n) is 12.1. The van der Waals surface area contributed by atoms with Gasteiger partial charge in [0, 0.05) is 11.3 Å². The van der Waals surface area contributed by atoms with Crippen molar-refractivity contribution in [2.24, 2.45) is 0 Å². The highest BCUT2D eigenvalue weighted by atomic mass is 32.1. The van der Waals surface area contributed by atoms with Gasteiger partial charge in [0.15, 0.2) is 0 Å². The van der Waals surface area contributed by atoms with Crippen LogP contribution in [0.1, 0.15) is 49.9 Å². The van der Waals surface area contributed by atoms with Crippen LogP contribution < -0.4 is 5.32 Å². The first-order valence-corrected chi connectivity index (χ1v) is 8.12. The van der Waals surface area contributed by atoms with Crippen molar-refractivity contribution in [3.05, 3.63) is 22.4 Å². The second-order valence-electron chi connectivity index (χ2n) is 5.42. The highest BCUT2D eigenvalue weighted by Gasteiger charge is 2.23. The van der Waals surface area contributed by atoms with Crippen molar-refractivity contribution < 1.29 is 19.4 Å². The molecule has 1 fully saturated rings. The normalized spacial score (nSPS) is 22.9. The number of carbonyl (C=O) groups excluding carboxylic acids is 1. The minimum absolute atomic E-state index is 0.0940. The van der Waals surface area contributed by atoms with Gasteiger partial charge in [-0.3, -0.25) is 9.59 Å². The van der Waals surface area contributed by atoms with Crippen LogP contribution in [0.2, 0.25) is 0 Å². The van der Waals surface area contributed by atoms with Crippen LogP contribution >= 0.6 is 11.3 Å². The SMILES string of the molecule is C[C@@H]1CC[C@H](CCC(=O)N[C@@H](CC(=O)O)c2cccs2)O1. The Morgan fingerprint density at radius 1 is 1.52 bits per heavy atom. The quantitative estimate of drug-likeness (QED) is 0.812. The van der Waals surface area contributed by atoms with Gasteiger partial charge in [-0.15, -0.1) is 11.3 Å². The molecule has 1 aromatic heterocycles. The number of aliphatic carboxylic acids is 1. The lowest BCUT2D eigenvalue weighted by Crippen LogP contribution is -2.30. The molecule has 1 amide bonds. The fraction of sp³-hybridized carbons (Fsp3) is 0.600. The summed E-state index contributed by atoms with van der Waals surface area (Å²) < 4.78 is 5.68. The molecule has 0 aromatic carbocycles. The van der Waals surface area contributed by atoms with E-state index in [9.17, 15) is 9.59 Å². The standard InChI is InChI=1S/C15H21NO4S/c1-10-4-5-11(20-10)6-7-14(17)16-12(9-15(18)19)13-3-2-8-21-13/h2-3,8,10-12H,4-7,9H2,1H3,(H,16,17)(H,18,19)/t10-,11-,12+/m1/s1. The minimum atomic E-state index is -0.915. The molecule has 2 rings (SSSR count). The lowest BCUT2D eigenvalue weighted by molar-refractivity contribution is -0.137. The van der Waals surface area contributed by atoms with E-state index >= 15 is 0 Å². The van der Waals surface area contributed by atoms with Crippen molar-refractivity contribution in [3.8, 4) is 0 Å². The van der Waals surface area contributed by atoms with Gasteiger partial charge in [0.05, 0.1) is 24.7 Å². The van der Waals surface area contributed by atoms with Gasteiger partial charge in [-0.2, -0.15) is 0 Å². The van der Waals surface area contributed by atoms with Crippen molar-refractivity contribution in [2.75, 3.05) is 0 Å². The number of carbonyl (C=O) groups is 2. The first-order valence-electron chi connectivity index (χ1n) is 7.24. The smallest absolute Gasteiger partial charge is 0.305 e. The molecular formula is C15H21NO4S. The summed E-state index contributed by atoms with van der Waals surface area (Å²) >= 11 is 1.46. The Labute approximate surface area is 128 Å². The van der Waals surface area contributed by atoms with E-state index in [1.54, 1.807) is 0 Å². The van der Waals surface area contributed by atoms with Crippen LogP contribution in [0.3, 0.4) is 0 Å². The van der Waals surface area contributed by atoms with Crippen LogP contribution in [-0.4, -0.2) is 29.2 Å². The molecule has 3 atom stereocenters. The lowest BCUT2D eigenvalue weighted by Gasteiger charge is -2.16. The van der Waals surface area contributed by atoms with E-state index in [1.165, 1.54) is 11.3 Å². The number of thiophene rings is 1. The van der Waals surface area contributed by atoms with Crippen molar-refractivity contribution >= 4 is 23.2 Å². The zero-order valence-corrected chi connectivity index (χ0v) is 12.9. The number of hydrogen-bond acceptors (Lipinski definition) is 4. The number of carboxylic acid groups (broad SMARTS) is 1. The molecule has 0 aliphatic carbocycles. The second kappa shape index (κ2) is 7.56. The molecule has 2 heterocycles. The average molecular weight is 311 g/mol. The number of hydrogen-bond donors (Lipinski definition) is 2. The molecule has 116 valence electrons. The van der Waals surface area contributed by atoms with Crippen molar-refractivity contribution in [2.45, 2.75) is 57.3 Å². The van der Waals surface area contributed by atoms with Crippen LogP contribution in [0.5, 0.6) is 0 Å². The first kappa shape index (κ1) is 16.0. The van der Waals surface area contributed by atoms with Crippen molar-refractivity contribution in [3.63, 3.8) is 0 Å². The highest BCUT2D eigenvalue weighted by molar-refractivity contribution is 7.10. The van der Waals surface area contributed by atoms with Crippen molar-refractivity contribution in [1.82, 2.24) is 5.32 Å². The van der Waals surface area contributed by atoms with Gasteiger partial charge in [0.2, 0.25) is 5.91 Å². The van der Waals surface area contributed by atoms with Gasteiger partial charge in [-0.1, -0.05) is 6.07 Å². The number of rotatable bonds is 7. The van der Waals surface area contributed by atoms with E-state index < -0.39 is 12.0 Å². The van der Waals surface area contributed by atoms with Crippen LogP contribution in [0.4, 0.5) is 0 Å². The summed E-state index contributed by atoms with van der Waals surface area (Å²) in [6.07, 6.45) is 3.46. The van der Waals surface area contributed by atoms with Crippen LogP contribution in [0.15, 0.2) is 17.5 Å². The Bertz CT molecular complexity index is 474. The van der Waals surface area contributed by atoms with E-state index in [-0.39, 0.29) is 24.5 Å². The summed E-state index contributed by atoms with van der Waals surface area (Å²) in [5.41, 5.74) is 0. The molecule has 1 aliphatic rings. The molecule has 0 spiro atoms. The Kier molecular flexibility index (Phi) is 5.76. The third-order valence-corrected chi connectivity index (χ3v) is 4.60. The zero-order chi connectivity index (χ0) is 15.2. The molecule has 1 aromatic rings. The largest absolute Gasteiger partial charge is 0.481 e. The average Bonchev–Trinajstić information content (AvgIpc) is 3.06. The Hall–Kier alpha value is -1.40. The van der Waals surface area contributed by atoms with Gasteiger partial charge >= 0.3 is 5.97 Å². The molecule has 6 heteroatoms. The monoisotopic (exact) mass is 311 g/mol. The number of ether oxygens (including phenoxy) is 1. The maximum atomic E-state index is 12.0. The molecular weight excluding hydrogens is 290 g/mol. The van der Waals surface area contributed by atoms with E-state index in [0.717, 1.165) is 17.7 Å². The summed E-state index contributed by atoms with van der Waals surface area (Å²) in [5, 5.41) is 13.7. The van der Waals surface area contributed by atoms with Crippen LogP contribution in [0.25, 0.3) is 0 Å². The third-order valence-electron chi connectivity index (χ3n) is 3.61. The maximum Gasteiger partial charge on any atom is 0.305 e. The van der Waals surface area contributed by atoms with Crippen molar-refractivity contribution in [1.29, 1.82) is 0 Å². The van der Waals surface area contributed by atoms with E-state index in [1.807, 2.05) is 24.4 Å². The molecule has 0 bridgehead atoms. The summed E-state index contributed by atoms with van der Waals surface area (Å²) in [6.45, 7) is 2.04. The second-order valence-corrected chi connectivity index (χ2v) is 6.40. The summed E-state index contributed by atoms with van der Waals surface area (Å²) in [7, 11) is 0. The predicted octanol–water partition coefficient (Wildman–Crippen LogP) is 2.73. The lowest BCUT2D eigenvalue weighted by atomic mass is 10.1. The van der Waals surface area contributed by atoms with E-state index in [4.69, 9.17) is 9.84 Å². The summed E-state index contributed by atoms with van der Waals surface area (Å²) in [5.74, 6) is -1.03. The Balaban J connectivity index is 1.82. The number of amides is 1. The Morgan fingerprint density at radius 3 is 2.90 bits per heavy atom. The molecule has 2 N–H and O–H groups in total. The number of carboxylic acids is 1. The molecule has 1 saturated heterocycles. The van der Waals surface area contributed by atoms with Gasteiger partial charge in [0.1, 0.15) is 0 Å². The summed E-state index contributed by atoms with van der Waals surface area (Å²) in [4.78, 5) is 23.8. The molecule has 21 heavy (non-hydrogen) atoms. The highest BCUT2D eigenvalue weighted by Crippen LogP contribution is 2.24. The predicted molar refractivity (Wildman–Crippen MR) is 80.3 cm³/mol. The molecule has 0 unspecified atom stereocenters. The fourth-order valence-corrected chi connectivity index (χ4v) is 3.32. The summed E-state index contributed by atoms with van der Waals surface area (Å²) in [6, 6.07) is 3.26. The molecule has 5 nitrogen and oxygen atoms in total. The topological polar surface area (TPSA) is 75.6 Å². The van der Waals surface area contributed by atoms with Crippen LogP contribution in [0, 0.1) is 0 Å². The fourth-order valence-electron chi connectivity index (χ4n) is 2.54. The third kappa shape index (κ3) is 5.13. The maximum absolute atomic E-state index is 12.0.